The maximum atomic E-state index is 12.7. The molecule has 0 saturated heterocycles. The number of nitrogens with one attached hydrogen (secondary N) is 3. The van der Waals surface area contributed by atoms with E-state index in [0.29, 0.717) is 40.1 Å². The lowest BCUT2D eigenvalue weighted by Gasteiger charge is -2.11. The van der Waals surface area contributed by atoms with E-state index in [9.17, 15) is 9.59 Å². The highest BCUT2D eigenvalue weighted by atomic mass is 35.5. The van der Waals surface area contributed by atoms with Crippen LogP contribution in [0.4, 0.5) is 5.69 Å². The van der Waals surface area contributed by atoms with Gasteiger partial charge in [-0.1, -0.05) is 17.7 Å². The van der Waals surface area contributed by atoms with Gasteiger partial charge in [0.15, 0.2) is 5.11 Å². The van der Waals surface area contributed by atoms with Gasteiger partial charge in [0.25, 0.3) is 11.8 Å². The zero-order valence-corrected chi connectivity index (χ0v) is 19.9. The monoisotopic (exact) mass is 491 g/mol. The van der Waals surface area contributed by atoms with E-state index in [1.54, 1.807) is 44.6 Å². The SMILES string of the molecule is COCCCNC(=O)c1cccc(NC(=S)NC(=O)c2sc3cc(OC)ccc3c2Cl)c1. The lowest BCUT2D eigenvalue weighted by atomic mass is 10.2. The molecule has 0 fully saturated rings. The molecule has 168 valence electrons. The molecule has 0 spiro atoms. The first-order valence-corrected chi connectivity index (χ1v) is 11.3. The molecule has 0 saturated carbocycles. The molecule has 7 nitrogen and oxygen atoms in total. The minimum Gasteiger partial charge on any atom is -0.497 e. The Morgan fingerprint density at radius 3 is 2.69 bits per heavy atom. The van der Waals surface area contributed by atoms with Crippen LogP contribution in [-0.2, 0) is 4.74 Å². The van der Waals surface area contributed by atoms with Crippen molar-refractivity contribution in [2.24, 2.45) is 0 Å². The van der Waals surface area contributed by atoms with Crippen molar-refractivity contribution in [3.05, 3.63) is 57.9 Å². The van der Waals surface area contributed by atoms with Crippen molar-refractivity contribution in [3.8, 4) is 5.75 Å². The molecule has 3 rings (SSSR count). The summed E-state index contributed by atoms with van der Waals surface area (Å²) < 4.78 is 11.0. The fraction of sp³-hybridized carbons (Fsp3) is 0.227. The van der Waals surface area contributed by atoms with E-state index in [-0.39, 0.29) is 11.0 Å². The molecule has 0 unspecified atom stereocenters. The van der Waals surface area contributed by atoms with Crippen LogP contribution in [-0.4, -0.2) is 44.3 Å². The molecule has 0 aliphatic carbocycles. The third-order valence-electron chi connectivity index (χ3n) is 4.46. The van der Waals surface area contributed by atoms with Gasteiger partial charge in [0.1, 0.15) is 10.6 Å². The highest BCUT2D eigenvalue weighted by Crippen LogP contribution is 2.37. The third-order valence-corrected chi connectivity index (χ3v) is 6.32. The molecule has 0 aliphatic rings. The largest absolute Gasteiger partial charge is 0.497 e. The molecule has 0 bridgehead atoms. The van der Waals surface area contributed by atoms with Crippen molar-refractivity contribution >= 4 is 67.9 Å². The van der Waals surface area contributed by atoms with E-state index in [4.69, 9.17) is 33.3 Å². The number of fused-ring (bicyclic) bond motifs is 1. The molecular formula is C22H22ClN3O4S2. The quantitative estimate of drug-likeness (QED) is 0.318. The topological polar surface area (TPSA) is 88.7 Å². The molecule has 32 heavy (non-hydrogen) atoms. The fourth-order valence-corrected chi connectivity index (χ4v) is 4.55. The number of methoxy groups -OCH3 is 2. The van der Waals surface area contributed by atoms with E-state index in [1.807, 2.05) is 12.1 Å². The maximum absolute atomic E-state index is 12.7. The van der Waals surface area contributed by atoms with Gasteiger partial charge >= 0.3 is 0 Å². The number of thiocarbonyl (C=S) groups is 1. The van der Waals surface area contributed by atoms with Gasteiger partial charge < -0.3 is 20.1 Å². The van der Waals surface area contributed by atoms with Gasteiger partial charge in [-0.15, -0.1) is 11.3 Å². The van der Waals surface area contributed by atoms with Crippen molar-refractivity contribution in [2.45, 2.75) is 6.42 Å². The van der Waals surface area contributed by atoms with Gasteiger partial charge in [0.05, 0.1) is 12.1 Å². The van der Waals surface area contributed by atoms with Crippen LogP contribution in [0.15, 0.2) is 42.5 Å². The average molecular weight is 492 g/mol. The molecule has 2 aromatic carbocycles. The Kier molecular flexibility index (Phi) is 8.40. The molecule has 1 heterocycles. The normalized spacial score (nSPS) is 10.6. The maximum Gasteiger partial charge on any atom is 0.269 e. The second-order valence-corrected chi connectivity index (χ2v) is 8.54. The van der Waals surface area contributed by atoms with Crippen molar-refractivity contribution in [2.75, 3.05) is 32.7 Å². The first kappa shape index (κ1) is 23.9. The number of anilines is 1. The summed E-state index contributed by atoms with van der Waals surface area (Å²) >= 11 is 12.9. The van der Waals surface area contributed by atoms with Crippen LogP contribution in [0, 0.1) is 0 Å². The summed E-state index contributed by atoms with van der Waals surface area (Å²) in [5, 5.41) is 9.61. The summed E-state index contributed by atoms with van der Waals surface area (Å²) in [6.45, 7) is 1.09. The van der Waals surface area contributed by atoms with E-state index in [2.05, 4.69) is 16.0 Å². The number of rotatable bonds is 8. The van der Waals surface area contributed by atoms with Crippen LogP contribution in [0.5, 0.6) is 5.75 Å². The van der Waals surface area contributed by atoms with Crippen molar-refractivity contribution in [1.29, 1.82) is 0 Å². The van der Waals surface area contributed by atoms with E-state index in [1.165, 1.54) is 11.3 Å². The van der Waals surface area contributed by atoms with E-state index < -0.39 is 5.91 Å². The minimum absolute atomic E-state index is 0.0961. The van der Waals surface area contributed by atoms with Gasteiger partial charge in [-0.05, 0) is 55.0 Å². The first-order chi connectivity index (χ1) is 15.4. The van der Waals surface area contributed by atoms with Gasteiger partial charge in [-0.3, -0.25) is 14.9 Å². The standard InChI is InChI=1S/C22H22ClN3O4S2/c1-29-10-4-9-24-20(27)13-5-3-6-14(11-13)25-22(31)26-21(28)19-18(23)16-8-7-15(30-2)12-17(16)32-19/h3,5-8,11-12H,4,9-10H2,1-2H3,(H,24,27)(H2,25,26,28,31). The van der Waals surface area contributed by atoms with Crippen LogP contribution >= 0.6 is 35.2 Å². The summed E-state index contributed by atoms with van der Waals surface area (Å²) in [4.78, 5) is 25.3. The van der Waals surface area contributed by atoms with Crippen molar-refractivity contribution in [1.82, 2.24) is 10.6 Å². The molecule has 3 aromatic rings. The zero-order valence-electron chi connectivity index (χ0n) is 17.5. The smallest absolute Gasteiger partial charge is 0.269 e. The van der Waals surface area contributed by atoms with E-state index in [0.717, 1.165) is 16.5 Å². The summed E-state index contributed by atoms with van der Waals surface area (Å²) in [6.07, 6.45) is 0.726. The fourth-order valence-electron chi connectivity index (χ4n) is 2.90. The Balaban J connectivity index is 1.63. The predicted octanol–water partition coefficient (Wildman–Crippen LogP) is 4.46. The molecule has 0 atom stereocenters. The van der Waals surface area contributed by atoms with Crippen molar-refractivity contribution in [3.63, 3.8) is 0 Å². The lowest BCUT2D eigenvalue weighted by molar-refractivity contribution is 0.0946. The highest BCUT2D eigenvalue weighted by molar-refractivity contribution is 7.80. The van der Waals surface area contributed by atoms with Crippen molar-refractivity contribution < 1.29 is 19.1 Å². The van der Waals surface area contributed by atoms with Crippen LogP contribution < -0.4 is 20.7 Å². The zero-order chi connectivity index (χ0) is 23.1. The third kappa shape index (κ3) is 5.95. The molecule has 1 aromatic heterocycles. The summed E-state index contributed by atoms with van der Waals surface area (Å²) in [5.41, 5.74) is 1.05. The Bertz CT molecular complexity index is 1150. The number of halogens is 1. The molecule has 2 amide bonds. The number of thiophene rings is 1. The number of ether oxygens (including phenoxy) is 2. The number of benzene rings is 2. The minimum atomic E-state index is -0.417. The van der Waals surface area contributed by atoms with Crippen LogP contribution in [0.2, 0.25) is 5.02 Å². The molecule has 0 aliphatic heterocycles. The number of carbonyl (C=O) groups excluding carboxylic acids is 2. The Hall–Kier alpha value is -2.72. The average Bonchev–Trinajstić information content (AvgIpc) is 3.12. The molecule has 0 radical (unpaired) electrons. The van der Waals surface area contributed by atoms with Gasteiger partial charge in [0.2, 0.25) is 0 Å². The van der Waals surface area contributed by atoms with Crippen LogP contribution in [0.25, 0.3) is 10.1 Å². The second kappa shape index (κ2) is 11.2. The molecule has 10 heteroatoms. The Labute approximate surface area is 200 Å². The van der Waals surface area contributed by atoms with Crippen LogP contribution in [0.3, 0.4) is 0 Å². The highest BCUT2D eigenvalue weighted by Gasteiger charge is 2.18. The molecule has 3 N–H and O–H groups in total. The van der Waals surface area contributed by atoms with Crippen LogP contribution in [0.1, 0.15) is 26.5 Å². The summed E-state index contributed by atoms with van der Waals surface area (Å²) in [5.74, 6) is 0.0640. The number of amides is 2. The predicted molar refractivity (Wildman–Crippen MR) is 132 cm³/mol. The molecular weight excluding hydrogens is 470 g/mol. The Morgan fingerprint density at radius 2 is 1.94 bits per heavy atom. The number of carbonyl (C=O) groups is 2. The van der Waals surface area contributed by atoms with Gasteiger partial charge in [-0.25, -0.2) is 0 Å². The number of hydrogen-bond acceptors (Lipinski definition) is 6. The number of hydrogen-bond donors (Lipinski definition) is 3. The lowest BCUT2D eigenvalue weighted by Crippen LogP contribution is -2.34. The van der Waals surface area contributed by atoms with E-state index >= 15 is 0 Å². The van der Waals surface area contributed by atoms with Gasteiger partial charge in [0, 0.05) is 41.6 Å². The summed E-state index contributed by atoms with van der Waals surface area (Å²) in [6, 6.07) is 12.3. The first-order valence-electron chi connectivity index (χ1n) is 9.68. The van der Waals surface area contributed by atoms with Gasteiger partial charge in [-0.2, -0.15) is 0 Å². The second-order valence-electron chi connectivity index (χ2n) is 6.70. The Morgan fingerprint density at radius 1 is 1.12 bits per heavy atom. The summed E-state index contributed by atoms with van der Waals surface area (Å²) in [7, 11) is 3.19.